The molecule has 0 spiro atoms. The Morgan fingerprint density at radius 2 is 1.09 bits per heavy atom. The van der Waals surface area contributed by atoms with Gasteiger partial charge < -0.3 is 4.90 Å². The molecule has 6 aromatic carbocycles. The first kappa shape index (κ1) is 19.3. The zero-order valence-corrected chi connectivity index (χ0v) is 19.3. The maximum absolute atomic E-state index is 2.35. The lowest BCUT2D eigenvalue weighted by molar-refractivity contribution is 1.29. The summed E-state index contributed by atoms with van der Waals surface area (Å²) in [5.41, 5.74) is 3.47. The van der Waals surface area contributed by atoms with Crippen LogP contribution in [0.5, 0.6) is 0 Å². The summed E-state index contributed by atoms with van der Waals surface area (Å²) in [6.45, 7) is 0. The van der Waals surface area contributed by atoms with E-state index in [1.54, 1.807) is 0 Å². The number of hydrogen-bond acceptors (Lipinski definition) is 2. The Morgan fingerprint density at radius 3 is 1.97 bits per heavy atom. The lowest BCUT2D eigenvalue weighted by Gasteiger charge is -2.26. The average Bonchev–Trinajstić information content (AvgIpc) is 3.28. The van der Waals surface area contributed by atoms with Gasteiger partial charge in [-0.2, -0.15) is 0 Å². The molecule has 1 aromatic heterocycles. The average molecular weight is 452 g/mol. The van der Waals surface area contributed by atoms with Crippen LogP contribution in [-0.2, 0) is 0 Å². The third-order valence-corrected chi connectivity index (χ3v) is 7.74. The molecule has 2 heteroatoms. The van der Waals surface area contributed by atoms with E-state index >= 15 is 0 Å². The maximum Gasteiger partial charge on any atom is 0.0468 e. The molecule has 160 valence electrons. The third kappa shape index (κ3) is 3.07. The molecule has 7 aromatic rings. The van der Waals surface area contributed by atoms with Gasteiger partial charge in [-0.15, -0.1) is 11.3 Å². The van der Waals surface area contributed by atoms with Crippen molar-refractivity contribution in [2.75, 3.05) is 4.90 Å². The molecule has 1 heterocycles. The van der Waals surface area contributed by atoms with Crippen molar-refractivity contribution in [3.63, 3.8) is 0 Å². The zero-order valence-electron chi connectivity index (χ0n) is 18.5. The number of benzene rings is 6. The van der Waals surface area contributed by atoms with E-state index in [1.807, 2.05) is 11.3 Å². The molecular weight excluding hydrogens is 430 g/mol. The Labute approximate surface area is 202 Å². The quantitative estimate of drug-likeness (QED) is 0.258. The number of anilines is 3. The fourth-order valence-electron chi connectivity index (χ4n) is 5.02. The summed E-state index contributed by atoms with van der Waals surface area (Å²) in [6, 6.07) is 46.0. The third-order valence-electron chi connectivity index (χ3n) is 6.61. The van der Waals surface area contributed by atoms with E-state index < -0.39 is 0 Å². The highest BCUT2D eigenvalue weighted by Crippen LogP contribution is 2.41. The van der Waals surface area contributed by atoms with Crippen molar-refractivity contribution in [1.82, 2.24) is 0 Å². The molecule has 0 aliphatic carbocycles. The van der Waals surface area contributed by atoms with Gasteiger partial charge >= 0.3 is 0 Å². The van der Waals surface area contributed by atoms with E-state index in [-0.39, 0.29) is 0 Å². The summed E-state index contributed by atoms with van der Waals surface area (Å²) in [5, 5.41) is 7.77. The fraction of sp³-hybridized carbons (Fsp3) is 0. The first-order valence-electron chi connectivity index (χ1n) is 11.5. The first-order chi connectivity index (χ1) is 16.8. The standard InChI is InChI=1S/C32H21NS/c1-2-10-25(11-3-1)33(26-16-14-22-8-4-5-9-23(22)20-26)27-17-18-28-24(21-27)15-19-31-32(28)29-12-6-7-13-30(29)34-31/h1-21H. The van der Waals surface area contributed by atoms with Gasteiger partial charge in [0.15, 0.2) is 0 Å². The fourth-order valence-corrected chi connectivity index (χ4v) is 6.14. The summed E-state index contributed by atoms with van der Waals surface area (Å²) in [4.78, 5) is 2.35. The van der Waals surface area contributed by atoms with Gasteiger partial charge in [-0.25, -0.2) is 0 Å². The molecule has 0 aliphatic heterocycles. The van der Waals surface area contributed by atoms with Crippen molar-refractivity contribution < 1.29 is 0 Å². The highest BCUT2D eigenvalue weighted by atomic mass is 32.1. The number of fused-ring (bicyclic) bond motifs is 6. The monoisotopic (exact) mass is 451 g/mol. The summed E-state index contributed by atoms with van der Waals surface area (Å²) < 4.78 is 2.69. The van der Waals surface area contributed by atoms with Crippen molar-refractivity contribution in [3.8, 4) is 0 Å². The number of rotatable bonds is 3. The number of thiophene rings is 1. The van der Waals surface area contributed by atoms with E-state index in [2.05, 4.69) is 132 Å². The molecule has 0 aliphatic rings. The number of para-hydroxylation sites is 1. The smallest absolute Gasteiger partial charge is 0.0468 e. The minimum atomic E-state index is 1.15. The summed E-state index contributed by atoms with van der Waals surface area (Å²) in [6.07, 6.45) is 0. The van der Waals surface area contributed by atoms with Gasteiger partial charge in [0, 0.05) is 37.2 Å². The molecule has 0 bridgehead atoms. The van der Waals surface area contributed by atoms with Gasteiger partial charge in [-0.3, -0.25) is 0 Å². The molecule has 0 amide bonds. The highest BCUT2D eigenvalue weighted by molar-refractivity contribution is 7.26. The SMILES string of the molecule is c1ccc(N(c2ccc3ccccc3c2)c2ccc3c(ccc4sc5ccccc5c43)c2)cc1. The van der Waals surface area contributed by atoms with Gasteiger partial charge in [0.25, 0.3) is 0 Å². The minimum absolute atomic E-state index is 1.15. The van der Waals surface area contributed by atoms with Crippen molar-refractivity contribution >= 4 is 70.1 Å². The van der Waals surface area contributed by atoms with Crippen LogP contribution in [0.15, 0.2) is 127 Å². The second kappa shape index (κ2) is 7.72. The van der Waals surface area contributed by atoms with Crippen LogP contribution in [0.2, 0.25) is 0 Å². The topological polar surface area (TPSA) is 3.24 Å². The van der Waals surface area contributed by atoms with E-state index in [0.29, 0.717) is 0 Å². The molecule has 34 heavy (non-hydrogen) atoms. The molecular formula is C32H21NS. The summed E-state index contributed by atoms with van der Waals surface area (Å²) >= 11 is 1.87. The Hall–Kier alpha value is -4.14. The Bertz CT molecular complexity index is 1810. The molecule has 0 fully saturated rings. The maximum atomic E-state index is 2.35. The van der Waals surface area contributed by atoms with Crippen LogP contribution >= 0.6 is 11.3 Å². The highest BCUT2D eigenvalue weighted by Gasteiger charge is 2.15. The van der Waals surface area contributed by atoms with Crippen LogP contribution in [0.4, 0.5) is 17.1 Å². The van der Waals surface area contributed by atoms with Gasteiger partial charge in [-0.05, 0) is 70.1 Å². The summed E-state index contributed by atoms with van der Waals surface area (Å²) in [7, 11) is 0. The van der Waals surface area contributed by atoms with Gasteiger partial charge in [0.1, 0.15) is 0 Å². The predicted octanol–water partition coefficient (Wildman–Crippen LogP) is 9.83. The molecule has 7 rings (SSSR count). The van der Waals surface area contributed by atoms with Crippen molar-refractivity contribution in [1.29, 1.82) is 0 Å². The Balaban J connectivity index is 1.46. The van der Waals surface area contributed by atoms with Crippen molar-refractivity contribution in [2.45, 2.75) is 0 Å². The molecule has 0 atom stereocenters. The first-order valence-corrected chi connectivity index (χ1v) is 12.3. The van der Waals surface area contributed by atoms with Crippen LogP contribution in [0, 0.1) is 0 Å². The number of nitrogens with zero attached hydrogens (tertiary/aromatic N) is 1. The summed E-state index contributed by atoms with van der Waals surface area (Å²) in [5.74, 6) is 0. The molecule has 0 N–H and O–H groups in total. The molecule has 0 saturated heterocycles. The van der Waals surface area contributed by atoms with E-state index in [9.17, 15) is 0 Å². The lowest BCUT2D eigenvalue weighted by Crippen LogP contribution is -2.09. The molecule has 0 unspecified atom stereocenters. The van der Waals surface area contributed by atoms with Crippen LogP contribution in [0.1, 0.15) is 0 Å². The van der Waals surface area contributed by atoms with Gasteiger partial charge in [-0.1, -0.05) is 78.9 Å². The van der Waals surface area contributed by atoms with E-state index in [1.165, 1.54) is 41.7 Å². The number of hydrogen-bond donors (Lipinski definition) is 0. The normalized spacial score (nSPS) is 11.5. The molecule has 0 saturated carbocycles. The van der Waals surface area contributed by atoms with Gasteiger partial charge in [0.05, 0.1) is 0 Å². The second-order valence-corrected chi connectivity index (χ2v) is 9.73. The van der Waals surface area contributed by atoms with Crippen LogP contribution < -0.4 is 4.90 Å². The molecule has 0 radical (unpaired) electrons. The lowest BCUT2D eigenvalue weighted by atomic mass is 10.0. The van der Waals surface area contributed by atoms with Crippen LogP contribution in [0.25, 0.3) is 41.7 Å². The van der Waals surface area contributed by atoms with Crippen LogP contribution in [-0.4, -0.2) is 0 Å². The largest absolute Gasteiger partial charge is 0.310 e. The van der Waals surface area contributed by atoms with E-state index in [0.717, 1.165) is 17.1 Å². The van der Waals surface area contributed by atoms with Crippen molar-refractivity contribution in [2.24, 2.45) is 0 Å². The predicted molar refractivity (Wildman–Crippen MR) is 149 cm³/mol. The van der Waals surface area contributed by atoms with Crippen molar-refractivity contribution in [3.05, 3.63) is 127 Å². The zero-order chi connectivity index (χ0) is 22.5. The van der Waals surface area contributed by atoms with Gasteiger partial charge in [0.2, 0.25) is 0 Å². The van der Waals surface area contributed by atoms with Crippen LogP contribution in [0.3, 0.4) is 0 Å². The Kier molecular flexibility index (Phi) is 4.39. The Morgan fingerprint density at radius 1 is 0.412 bits per heavy atom. The second-order valence-electron chi connectivity index (χ2n) is 8.64. The minimum Gasteiger partial charge on any atom is -0.310 e. The van der Waals surface area contributed by atoms with E-state index in [4.69, 9.17) is 0 Å². The molecule has 1 nitrogen and oxygen atoms in total.